The maximum Gasteiger partial charge on any atom is 0.322 e. The fourth-order valence-corrected chi connectivity index (χ4v) is 4.32. The van der Waals surface area contributed by atoms with Crippen LogP contribution in [0.3, 0.4) is 0 Å². The van der Waals surface area contributed by atoms with Crippen LogP contribution in [0, 0.1) is 12.8 Å². The minimum atomic E-state index is -0.366. The van der Waals surface area contributed by atoms with Gasteiger partial charge in [0.1, 0.15) is 0 Å². The van der Waals surface area contributed by atoms with E-state index in [2.05, 4.69) is 36.5 Å². The number of urea groups is 1. The lowest BCUT2D eigenvalue weighted by Gasteiger charge is -2.35. The van der Waals surface area contributed by atoms with E-state index in [1.165, 1.54) is 10.5 Å². The highest BCUT2D eigenvalue weighted by molar-refractivity contribution is 7.98. The molecule has 7 heteroatoms. The predicted molar refractivity (Wildman–Crippen MR) is 133 cm³/mol. The molecule has 3 aromatic rings. The van der Waals surface area contributed by atoms with Crippen LogP contribution in [0.15, 0.2) is 63.6 Å². The lowest BCUT2D eigenvalue weighted by atomic mass is 9.94. The molecule has 172 valence electrons. The van der Waals surface area contributed by atoms with Crippen molar-refractivity contribution in [1.29, 1.82) is 0 Å². The Hall–Kier alpha value is -3.06. The first-order chi connectivity index (χ1) is 15.9. The molecule has 0 radical (unpaired) electrons. The van der Waals surface area contributed by atoms with E-state index in [0.717, 1.165) is 28.8 Å². The van der Waals surface area contributed by atoms with Gasteiger partial charge in [0, 0.05) is 22.7 Å². The normalized spacial score (nSPS) is 16.5. The van der Waals surface area contributed by atoms with E-state index in [0.29, 0.717) is 24.2 Å². The molecule has 2 aromatic carbocycles. The number of hydrogen-bond donors (Lipinski definition) is 1. The van der Waals surface area contributed by atoms with Gasteiger partial charge in [-0.3, -0.25) is 4.90 Å². The molecule has 0 bridgehead atoms. The fraction of sp³-hybridized carbons (Fsp3) is 0.346. The fourth-order valence-electron chi connectivity index (χ4n) is 3.91. The zero-order valence-electron chi connectivity index (χ0n) is 19.8. The molecule has 1 aromatic heterocycles. The number of carbonyl (C=O) groups excluding carboxylic acids is 1. The largest absolute Gasteiger partial charge is 0.334 e. The molecule has 1 unspecified atom stereocenters. The van der Waals surface area contributed by atoms with E-state index in [9.17, 15) is 4.79 Å². The van der Waals surface area contributed by atoms with Crippen molar-refractivity contribution in [1.82, 2.24) is 20.4 Å². The first-order valence-corrected chi connectivity index (χ1v) is 12.4. The Balaban J connectivity index is 1.77. The number of benzene rings is 2. The summed E-state index contributed by atoms with van der Waals surface area (Å²) >= 11 is 1.69. The van der Waals surface area contributed by atoms with Gasteiger partial charge in [-0.1, -0.05) is 61.0 Å². The highest BCUT2D eigenvalue weighted by Gasteiger charge is 2.35. The van der Waals surface area contributed by atoms with Gasteiger partial charge in [-0.25, -0.2) is 4.79 Å². The average Bonchev–Trinajstić information content (AvgIpc) is 3.28. The number of allylic oxidation sites excluding steroid dienone is 1. The van der Waals surface area contributed by atoms with E-state index in [1.807, 2.05) is 56.5 Å². The average molecular weight is 463 g/mol. The lowest BCUT2D eigenvalue weighted by molar-refractivity contribution is 0.202. The minimum absolute atomic E-state index is 0.103. The van der Waals surface area contributed by atoms with Crippen LogP contribution < -0.4 is 5.32 Å². The number of nitrogens with one attached hydrogen (secondary N) is 1. The highest BCUT2D eigenvalue weighted by Crippen LogP contribution is 2.38. The summed E-state index contributed by atoms with van der Waals surface area (Å²) in [7, 11) is 0. The summed E-state index contributed by atoms with van der Waals surface area (Å²) in [5.74, 6) is 1.45. The van der Waals surface area contributed by atoms with Gasteiger partial charge in [0.2, 0.25) is 5.82 Å². The van der Waals surface area contributed by atoms with Crippen molar-refractivity contribution in [2.75, 3.05) is 12.8 Å². The Morgan fingerprint density at radius 3 is 2.42 bits per heavy atom. The Kier molecular flexibility index (Phi) is 6.88. The smallest absolute Gasteiger partial charge is 0.322 e. The first kappa shape index (κ1) is 23.1. The third-order valence-corrected chi connectivity index (χ3v) is 6.69. The molecule has 1 aliphatic heterocycles. The van der Waals surface area contributed by atoms with Crippen molar-refractivity contribution in [2.24, 2.45) is 5.92 Å². The summed E-state index contributed by atoms with van der Waals surface area (Å²) in [6.45, 7) is 8.96. The molecular weight excluding hydrogens is 432 g/mol. The summed E-state index contributed by atoms with van der Waals surface area (Å²) in [6.07, 6.45) is 2.95. The number of rotatable bonds is 7. The zero-order valence-corrected chi connectivity index (χ0v) is 20.6. The molecule has 4 rings (SSSR count). The van der Waals surface area contributed by atoms with Crippen LogP contribution in [-0.4, -0.2) is 33.9 Å². The quantitative estimate of drug-likeness (QED) is 0.417. The van der Waals surface area contributed by atoms with Crippen LogP contribution in [-0.2, 0) is 0 Å². The van der Waals surface area contributed by atoms with E-state index in [1.54, 1.807) is 16.7 Å². The van der Waals surface area contributed by atoms with Gasteiger partial charge in [0.05, 0.1) is 11.6 Å². The van der Waals surface area contributed by atoms with Crippen molar-refractivity contribution in [3.63, 3.8) is 0 Å². The summed E-state index contributed by atoms with van der Waals surface area (Å²) in [5.41, 5.74) is 4.73. The molecular formula is C26H30N4O2S. The summed E-state index contributed by atoms with van der Waals surface area (Å²) in [4.78, 5) is 20.8. The van der Waals surface area contributed by atoms with Crippen molar-refractivity contribution in [2.45, 2.75) is 45.1 Å². The van der Waals surface area contributed by atoms with Gasteiger partial charge < -0.3 is 9.84 Å². The van der Waals surface area contributed by atoms with Crippen LogP contribution in [0.4, 0.5) is 4.79 Å². The number of thioether (sulfide) groups is 1. The SMILES string of the molecule is CSc1ccc(C2NC(=O)N(CCC(C)C)C(C)=C2c2nc(-c3ccc(C)cc3)no2)cc1. The van der Waals surface area contributed by atoms with E-state index in [-0.39, 0.29) is 12.1 Å². The Labute approximate surface area is 199 Å². The second-order valence-corrected chi connectivity index (χ2v) is 9.66. The number of nitrogens with zero attached hydrogens (tertiary/aromatic N) is 3. The standard InChI is InChI=1S/C26H30N4O2S/c1-16(2)14-15-30-18(4)22(23(27-26(30)31)19-10-12-21(33-5)13-11-19)25-28-24(29-32-25)20-8-6-17(3)7-9-20/h6-13,16,23H,14-15H2,1-5H3,(H,27,31). The molecule has 2 heterocycles. The maximum absolute atomic E-state index is 13.1. The third-order valence-electron chi connectivity index (χ3n) is 5.94. The van der Waals surface area contributed by atoms with Crippen LogP contribution in [0.2, 0.25) is 0 Å². The second-order valence-electron chi connectivity index (χ2n) is 8.78. The van der Waals surface area contributed by atoms with Crippen LogP contribution in [0.1, 0.15) is 50.3 Å². The summed E-state index contributed by atoms with van der Waals surface area (Å²) in [6, 6.07) is 15.8. The number of aromatic nitrogens is 2. The first-order valence-electron chi connectivity index (χ1n) is 11.2. The maximum atomic E-state index is 13.1. The van der Waals surface area contributed by atoms with E-state index < -0.39 is 0 Å². The molecule has 6 nitrogen and oxygen atoms in total. The van der Waals surface area contributed by atoms with Crippen molar-refractivity contribution >= 4 is 23.4 Å². The molecule has 0 spiro atoms. The number of amides is 2. The number of carbonyl (C=O) groups is 1. The molecule has 1 aliphatic rings. The molecule has 0 saturated carbocycles. The lowest BCUT2D eigenvalue weighted by Crippen LogP contribution is -2.46. The van der Waals surface area contributed by atoms with Gasteiger partial charge in [0.25, 0.3) is 5.89 Å². The summed E-state index contributed by atoms with van der Waals surface area (Å²) < 4.78 is 5.76. The molecule has 0 aliphatic carbocycles. The molecule has 0 saturated heterocycles. The Bertz CT molecular complexity index is 1150. The van der Waals surface area contributed by atoms with E-state index in [4.69, 9.17) is 9.51 Å². The monoisotopic (exact) mass is 462 g/mol. The topological polar surface area (TPSA) is 71.3 Å². The Morgan fingerprint density at radius 2 is 1.79 bits per heavy atom. The van der Waals surface area contributed by atoms with Gasteiger partial charge in [-0.15, -0.1) is 11.8 Å². The second kappa shape index (κ2) is 9.83. The van der Waals surface area contributed by atoms with E-state index >= 15 is 0 Å². The van der Waals surface area contributed by atoms with Crippen LogP contribution >= 0.6 is 11.8 Å². The van der Waals surface area contributed by atoms with Crippen molar-refractivity contribution in [3.05, 3.63) is 71.2 Å². The molecule has 0 fully saturated rings. The zero-order chi connectivity index (χ0) is 23.5. The van der Waals surface area contributed by atoms with Gasteiger partial charge >= 0.3 is 6.03 Å². The van der Waals surface area contributed by atoms with Crippen molar-refractivity contribution in [3.8, 4) is 11.4 Å². The molecule has 33 heavy (non-hydrogen) atoms. The van der Waals surface area contributed by atoms with Gasteiger partial charge in [0.15, 0.2) is 0 Å². The number of hydrogen-bond acceptors (Lipinski definition) is 5. The summed E-state index contributed by atoms with van der Waals surface area (Å²) in [5, 5.41) is 7.42. The molecule has 1 N–H and O–H groups in total. The number of aryl methyl sites for hydroxylation is 1. The highest BCUT2D eigenvalue weighted by atomic mass is 32.2. The molecule has 1 atom stereocenters. The van der Waals surface area contributed by atoms with Gasteiger partial charge in [-0.2, -0.15) is 4.98 Å². The van der Waals surface area contributed by atoms with Crippen molar-refractivity contribution < 1.29 is 9.32 Å². The van der Waals surface area contributed by atoms with Crippen LogP contribution in [0.5, 0.6) is 0 Å². The third kappa shape index (κ3) is 4.98. The molecule has 2 amide bonds. The van der Waals surface area contributed by atoms with Crippen LogP contribution in [0.25, 0.3) is 17.0 Å². The Morgan fingerprint density at radius 1 is 1.09 bits per heavy atom. The predicted octanol–water partition coefficient (Wildman–Crippen LogP) is 6.31. The minimum Gasteiger partial charge on any atom is -0.334 e. The van der Waals surface area contributed by atoms with Gasteiger partial charge in [-0.05, 0) is 50.1 Å².